The summed E-state index contributed by atoms with van der Waals surface area (Å²) in [5.74, 6) is 4.39. The van der Waals surface area contributed by atoms with E-state index in [2.05, 4.69) is 22.9 Å². The van der Waals surface area contributed by atoms with Crippen LogP contribution >= 0.6 is 35.9 Å². The highest BCUT2D eigenvalue weighted by Crippen LogP contribution is 2.26. The highest BCUT2D eigenvalue weighted by molar-refractivity contribution is 7.99. The molecule has 0 radical (unpaired) electrons. The molecule has 0 heterocycles. The minimum Gasteiger partial charge on any atom is -0.457 e. The molecule has 204 valence electrons. The van der Waals surface area contributed by atoms with E-state index in [0.717, 1.165) is 41.4 Å². The Kier molecular flexibility index (Phi) is 16.0. The summed E-state index contributed by atoms with van der Waals surface area (Å²) < 4.78 is 30.0. The molecular formula is C27H38ClN3O3S3. The van der Waals surface area contributed by atoms with Crippen LogP contribution in [0.15, 0.2) is 72.8 Å². The maximum atomic E-state index is 10.9. The molecule has 3 aromatic carbocycles. The van der Waals surface area contributed by atoms with Gasteiger partial charge in [0.25, 0.3) is 0 Å². The summed E-state index contributed by atoms with van der Waals surface area (Å²) in [5.41, 5.74) is 16.3. The van der Waals surface area contributed by atoms with Crippen molar-refractivity contribution in [2.45, 2.75) is 25.0 Å². The van der Waals surface area contributed by atoms with Gasteiger partial charge in [0.2, 0.25) is 10.0 Å². The Balaban J connectivity index is 0.000000360. The summed E-state index contributed by atoms with van der Waals surface area (Å²) in [6, 6.07) is 24.2. The quantitative estimate of drug-likeness (QED) is 0.187. The van der Waals surface area contributed by atoms with E-state index in [0.29, 0.717) is 12.3 Å². The maximum Gasteiger partial charge on any atom is 0.208 e. The van der Waals surface area contributed by atoms with Gasteiger partial charge in [0.1, 0.15) is 11.5 Å². The van der Waals surface area contributed by atoms with Gasteiger partial charge in [-0.05, 0) is 54.8 Å². The Morgan fingerprint density at radius 3 is 2.19 bits per heavy atom. The number of hydrogen-bond acceptors (Lipinski definition) is 7. The third-order valence-corrected chi connectivity index (χ3v) is 7.77. The lowest BCUT2D eigenvalue weighted by Gasteiger charge is -2.15. The molecule has 0 bridgehead atoms. The van der Waals surface area contributed by atoms with Crippen LogP contribution in [0, 0.1) is 13.8 Å². The van der Waals surface area contributed by atoms with Crippen LogP contribution in [0.3, 0.4) is 0 Å². The molecule has 0 amide bonds. The van der Waals surface area contributed by atoms with Crippen LogP contribution in [0.2, 0.25) is 0 Å². The van der Waals surface area contributed by atoms with Crippen molar-refractivity contribution in [3.8, 4) is 11.5 Å². The van der Waals surface area contributed by atoms with Crippen LogP contribution in [-0.4, -0.2) is 39.3 Å². The molecule has 3 aromatic rings. The number of nitrogens with one attached hydrogen (secondary N) is 1. The number of aryl methyl sites for hydroxylation is 2. The Labute approximate surface area is 236 Å². The van der Waals surface area contributed by atoms with E-state index >= 15 is 0 Å². The number of rotatable bonds is 12. The van der Waals surface area contributed by atoms with Gasteiger partial charge in [0, 0.05) is 30.3 Å². The van der Waals surface area contributed by atoms with Crippen molar-refractivity contribution in [1.82, 2.24) is 4.72 Å². The molecule has 37 heavy (non-hydrogen) atoms. The minimum atomic E-state index is -3.10. The van der Waals surface area contributed by atoms with Crippen molar-refractivity contribution in [3.63, 3.8) is 0 Å². The predicted molar refractivity (Wildman–Crippen MR) is 164 cm³/mol. The SMILES string of the molecule is Cc1ccc(C(N)SCCNS(C)(=O)=O)c(C)c1.Cl.NCCSCc1ccc(Oc2ccccc2)cc1. The van der Waals surface area contributed by atoms with Crippen molar-refractivity contribution >= 4 is 46.0 Å². The zero-order chi connectivity index (χ0) is 26.4. The van der Waals surface area contributed by atoms with Crippen molar-refractivity contribution in [3.05, 3.63) is 95.1 Å². The maximum absolute atomic E-state index is 10.9. The number of ether oxygens (including phenoxy) is 1. The van der Waals surface area contributed by atoms with Gasteiger partial charge < -0.3 is 16.2 Å². The molecule has 0 aliphatic heterocycles. The van der Waals surface area contributed by atoms with Gasteiger partial charge in [-0.15, -0.1) is 24.2 Å². The Bertz CT molecular complexity index is 1150. The van der Waals surface area contributed by atoms with E-state index in [1.54, 1.807) is 11.8 Å². The zero-order valence-electron chi connectivity index (χ0n) is 21.6. The molecular weight excluding hydrogens is 546 g/mol. The average Bonchev–Trinajstić information content (AvgIpc) is 2.83. The molecule has 0 saturated heterocycles. The lowest BCUT2D eigenvalue weighted by Crippen LogP contribution is -2.25. The Morgan fingerprint density at radius 2 is 1.59 bits per heavy atom. The van der Waals surface area contributed by atoms with Gasteiger partial charge in [0.15, 0.2) is 0 Å². The van der Waals surface area contributed by atoms with Gasteiger partial charge in [-0.25, -0.2) is 13.1 Å². The van der Waals surface area contributed by atoms with Crippen LogP contribution in [0.1, 0.15) is 27.6 Å². The standard InChI is InChI=1S/C15H17NOS.C12H20N2O2S2.ClH/c16-10-11-18-12-13-6-8-15(9-7-13)17-14-4-2-1-3-5-14;1-9-4-5-11(10(2)8-9)12(13)17-7-6-14-18(3,15)16;/h1-9H,10-12,16H2;4-5,8,12,14H,6-7,13H2,1-3H3;1H. The Morgan fingerprint density at radius 1 is 0.946 bits per heavy atom. The molecule has 0 fully saturated rings. The summed E-state index contributed by atoms with van der Waals surface area (Å²) in [6.07, 6.45) is 1.15. The van der Waals surface area contributed by atoms with Crippen LogP contribution in [0.4, 0.5) is 0 Å². The van der Waals surface area contributed by atoms with Gasteiger partial charge in [-0.2, -0.15) is 11.8 Å². The van der Waals surface area contributed by atoms with Crippen LogP contribution < -0.4 is 20.9 Å². The highest BCUT2D eigenvalue weighted by atomic mass is 35.5. The molecule has 3 rings (SSSR count). The minimum absolute atomic E-state index is 0. The zero-order valence-corrected chi connectivity index (χ0v) is 24.8. The predicted octanol–water partition coefficient (Wildman–Crippen LogP) is 5.64. The molecule has 0 spiro atoms. The number of thioether (sulfide) groups is 2. The lowest BCUT2D eigenvalue weighted by atomic mass is 10.1. The topological polar surface area (TPSA) is 107 Å². The van der Waals surface area contributed by atoms with E-state index in [4.69, 9.17) is 16.2 Å². The number of nitrogens with two attached hydrogens (primary N) is 2. The van der Waals surface area contributed by atoms with Crippen molar-refractivity contribution in [2.75, 3.05) is 30.9 Å². The fourth-order valence-electron chi connectivity index (χ4n) is 3.20. The summed E-state index contributed by atoms with van der Waals surface area (Å²) in [7, 11) is -3.10. The first-order chi connectivity index (χ1) is 17.2. The number of hydrogen-bond donors (Lipinski definition) is 3. The molecule has 0 saturated carbocycles. The normalized spacial score (nSPS) is 11.6. The van der Waals surface area contributed by atoms with Gasteiger partial charge >= 0.3 is 0 Å². The first-order valence-electron chi connectivity index (χ1n) is 11.7. The number of halogens is 1. The van der Waals surface area contributed by atoms with Crippen LogP contribution in [0.25, 0.3) is 0 Å². The van der Waals surface area contributed by atoms with Crippen molar-refractivity contribution in [2.24, 2.45) is 11.5 Å². The molecule has 1 unspecified atom stereocenters. The molecule has 6 nitrogen and oxygen atoms in total. The Hall–Kier alpha value is -1.72. The summed E-state index contributed by atoms with van der Waals surface area (Å²) in [4.78, 5) is 0. The second-order valence-corrected chi connectivity index (χ2v) is 12.4. The van der Waals surface area contributed by atoms with E-state index < -0.39 is 10.0 Å². The second-order valence-electron chi connectivity index (χ2n) is 8.22. The van der Waals surface area contributed by atoms with E-state index in [-0.39, 0.29) is 17.8 Å². The van der Waals surface area contributed by atoms with E-state index in [1.807, 2.05) is 80.2 Å². The van der Waals surface area contributed by atoms with Crippen LogP contribution in [0.5, 0.6) is 11.5 Å². The summed E-state index contributed by atoms with van der Waals surface area (Å²) in [6.45, 7) is 5.23. The number of para-hydroxylation sites is 1. The van der Waals surface area contributed by atoms with Gasteiger partial charge in [0.05, 0.1) is 11.6 Å². The average molecular weight is 584 g/mol. The molecule has 0 aliphatic carbocycles. The third-order valence-electron chi connectivity index (χ3n) is 4.93. The molecule has 0 aliphatic rings. The second kappa shape index (κ2) is 17.7. The van der Waals surface area contributed by atoms with Gasteiger partial charge in [-0.3, -0.25) is 0 Å². The monoisotopic (exact) mass is 583 g/mol. The fraction of sp³-hybridized carbons (Fsp3) is 0.333. The first kappa shape index (κ1) is 33.3. The molecule has 1 atom stereocenters. The first-order valence-corrected chi connectivity index (χ1v) is 15.8. The van der Waals surface area contributed by atoms with E-state index in [9.17, 15) is 8.42 Å². The molecule has 5 N–H and O–H groups in total. The van der Waals surface area contributed by atoms with E-state index in [1.165, 1.54) is 16.7 Å². The summed E-state index contributed by atoms with van der Waals surface area (Å²) >= 11 is 3.39. The third kappa shape index (κ3) is 14.1. The lowest BCUT2D eigenvalue weighted by molar-refractivity contribution is 0.482. The number of benzene rings is 3. The van der Waals surface area contributed by atoms with Gasteiger partial charge in [-0.1, -0.05) is 54.1 Å². The largest absolute Gasteiger partial charge is 0.457 e. The highest BCUT2D eigenvalue weighted by Gasteiger charge is 2.09. The van der Waals surface area contributed by atoms with Crippen molar-refractivity contribution < 1.29 is 13.2 Å². The fourth-order valence-corrected chi connectivity index (χ4v) is 5.46. The van der Waals surface area contributed by atoms with Crippen molar-refractivity contribution in [1.29, 1.82) is 0 Å². The molecule has 10 heteroatoms. The smallest absolute Gasteiger partial charge is 0.208 e. The van der Waals surface area contributed by atoms with Crippen LogP contribution in [-0.2, 0) is 15.8 Å². The summed E-state index contributed by atoms with van der Waals surface area (Å²) in [5, 5.41) is -0.119. The number of sulfonamides is 1. The molecule has 0 aromatic heterocycles.